The average Bonchev–Trinajstić information content (AvgIpc) is 3.15. The number of likely N-dealkylation sites (N-methyl/N-ethyl adjacent to an activating group) is 1. The molecule has 4 aromatic rings. The van der Waals surface area contributed by atoms with E-state index in [0.717, 1.165) is 35.0 Å². The van der Waals surface area contributed by atoms with Crippen molar-refractivity contribution < 1.29 is 8.42 Å². The lowest BCUT2D eigenvalue weighted by Crippen LogP contribution is -2.14. The second-order valence-electron chi connectivity index (χ2n) is 7.62. The number of aromatic amines is 1. The van der Waals surface area contributed by atoms with Gasteiger partial charge in [-0.2, -0.15) is 0 Å². The van der Waals surface area contributed by atoms with Gasteiger partial charge in [0.05, 0.1) is 10.6 Å². The van der Waals surface area contributed by atoms with Crippen molar-refractivity contribution in [2.45, 2.75) is 11.3 Å². The Morgan fingerprint density at radius 3 is 2.30 bits per heavy atom. The minimum atomic E-state index is -3.67. The lowest BCUT2D eigenvalue weighted by atomic mass is 10.1. The summed E-state index contributed by atoms with van der Waals surface area (Å²) in [6.45, 7) is 0.959. The van der Waals surface area contributed by atoms with Crippen molar-refractivity contribution >= 4 is 26.6 Å². The Morgan fingerprint density at radius 1 is 0.900 bits per heavy atom. The van der Waals surface area contributed by atoms with Crippen LogP contribution in [-0.4, -0.2) is 38.9 Å². The molecular formula is C24H25N3O2S. The number of fused-ring (bicyclic) bond motifs is 1. The molecule has 0 aliphatic rings. The second kappa shape index (κ2) is 8.34. The van der Waals surface area contributed by atoms with E-state index in [-0.39, 0.29) is 4.90 Å². The van der Waals surface area contributed by atoms with E-state index >= 15 is 0 Å². The number of nitrogens with zero attached hydrogens (tertiary/aromatic N) is 1. The Labute approximate surface area is 177 Å². The van der Waals surface area contributed by atoms with E-state index in [2.05, 4.69) is 14.6 Å². The van der Waals surface area contributed by atoms with Gasteiger partial charge in [0, 0.05) is 23.6 Å². The minimum absolute atomic E-state index is 0.237. The van der Waals surface area contributed by atoms with Crippen molar-refractivity contribution in [3.63, 3.8) is 0 Å². The zero-order valence-electron chi connectivity index (χ0n) is 17.1. The Morgan fingerprint density at radius 2 is 1.60 bits per heavy atom. The molecule has 0 amide bonds. The normalized spacial score (nSPS) is 11.8. The van der Waals surface area contributed by atoms with Crippen LogP contribution >= 0.6 is 0 Å². The molecule has 0 atom stereocenters. The Kier molecular flexibility index (Phi) is 5.61. The molecule has 0 radical (unpaired) electrons. The monoisotopic (exact) mass is 419 g/mol. The van der Waals surface area contributed by atoms with Gasteiger partial charge < -0.3 is 9.88 Å². The second-order valence-corrected chi connectivity index (χ2v) is 9.31. The Hall–Kier alpha value is -3.09. The number of aromatic nitrogens is 1. The van der Waals surface area contributed by atoms with Gasteiger partial charge >= 0.3 is 0 Å². The summed E-state index contributed by atoms with van der Waals surface area (Å²) >= 11 is 0. The molecule has 5 nitrogen and oxygen atoms in total. The third kappa shape index (κ3) is 4.40. The molecule has 2 N–H and O–H groups in total. The molecule has 1 aromatic heterocycles. The molecule has 1 heterocycles. The van der Waals surface area contributed by atoms with Gasteiger partial charge in [-0.25, -0.2) is 8.42 Å². The number of rotatable bonds is 7. The van der Waals surface area contributed by atoms with Gasteiger partial charge in [0.1, 0.15) is 0 Å². The number of benzene rings is 3. The van der Waals surface area contributed by atoms with Gasteiger partial charge in [-0.1, -0.05) is 48.5 Å². The van der Waals surface area contributed by atoms with Crippen molar-refractivity contribution in [2.75, 3.05) is 25.4 Å². The first kappa shape index (κ1) is 20.2. The largest absolute Gasteiger partial charge is 0.361 e. The maximum atomic E-state index is 12.8. The van der Waals surface area contributed by atoms with E-state index in [1.165, 1.54) is 5.56 Å². The summed E-state index contributed by atoms with van der Waals surface area (Å²) in [6.07, 6.45) is 2.93. The van der Waals surface area contributed by atoms with E-state index in [0.29, 0.717) is 5.69 Å². The average molecular weight is 420 g/mol. The predicted molar refractivity (Wildman–Crippen MR) is 123 cm³/mol. The number of sulfonamides is 1. The van der Waals surface area contributed by atoms with Crippen LogP contribution < -0.4 is 4.72 Å². The lowest BCUT2D eigenvalue weighted by molar-refractivity contribution is 0.414. The van der Waals surface area contributed by atoms with Gasteiger partial charge in [0.25, 0.3) is 10.0 Å². The number of hydrogen-bond donors (Lipinski definition) is 2. The van der Waals surface area contributed by atoms with Crippen LogP contribution in [0.1, 0.15) is 5.56 Å². The molecule has 0 fully saturated rings. The minimum Gasteiger partial charge on any atom is -0.361 e. The molecule has 30 heavy (non-hydrogen) atoms. The highest BCUT2D eigenvalue weighted by atomic mass is 32.2. The topological polar surface area (TPSA) is 65.2 Å². The molecule has 0 unspecified atom stereocenters. The molecule has 0 aliphatic carbocycles. The smallest absolute Gasteiger partial charge is 0.261 e. The molecule has 0 saturated heterocycles. The molecule has 154 valence electrons. The first-order chi connectivity index (χ1) is 14.4. The molecular weight excluding hydrogens is 394 g/mol. The van der Waals surface area contributed by atoms with Crippen LogP contribution in [0.3, 0.4) is 0 Å². The highest BCUT2D eigenvalue weighted by Crippen LogP contribution is 2.26. The third-order valence-corrected chi connectivity index (χ3v) is 6.52. The van der Waals surface area contributed by atoms with Crippen LogP contribution in [0, 0.1) is 0 Å². The molecule has 6 heteroatoms. The molecule has 0 bridgehead atoms. The van der Waals surface area contributed by atoms with Crippen LogP contribution in [0.25, 0.3) is 22.0 Å². The van der Waals surface area contributed by atoms with E-state index in [9.17, 15) is 8.42 Å². The quantitative estimate of drug-likeness (QED) is 0.455. The maximum Gasteiger partial charge on any atom is 0.261 e. The molecule has 0 aliphatic heterocycles. The fourth-order valence-electron chi connectivity index (χ4n) is 3.47. The summed E-state index contributed by atoms with van der Waals surface area (Å²) in [5.41, 5.74) is 4.72. The van der Waals surface area contributed by atoms with E-state index in [1.54, 1.807) is 12.1 Å². The van der Waals surface area contributed by atoms with Crippen LogP contribution in [0.2, 0.25) is 0 Å². The van der Waals surface area contributed by atoms with Gasteiger partial charge in [-0.05, 0) is 61.5 Å². The van der Waals surface area contributed by atoms with Gasteiger partial charge in [-0.3, -0.25) is 4.72 Å². The summed E-state index contributed by atoms with van der Waals surface area (Å²) in [5.74, 6) is 0. The number of anilines is 1. The molecule has 4 rings (SSSR count). The maximum absolute atomic E-state index is 12.8. The zero-order valence-corrected chi connectivity index (χ0v) is 17.9. The summed E-state index contributed by atoms with van der Waals surface area (Å²) in [5, 5.41) is 1.12. The summed E-state index contributed by atoms with van der Waals surface area (Å²) in [7, 11) is 0.433. The highest BCUT2D eigenvalue weighted by Gasteiger charge is 2.15. The van der Waals surface area contributed by atoms with Gasteiger partial charge in [0.15, 0.2) is 0 Å². The SMILES string of the molecule is CN(C)CCc1c[nH]c2cc(NS(=O)(=O)c3ccc(-c4ccccc4)cc3)ccc12. The molecule has 0 saturated carbocycles. The van der Waals surface area contributed by atoms with Crippen LogP contribution in [0.4, 0.5) is 5.69 Å². The zero-order chi connectivity index (χ0) is 21.1. The summed E-state index contributed by atoms with van der Waals surface area (Å²) in [4.78, 5) is 5.63. The van der Waals surface area contributed by atoms with Crippen molar-refractivity contribution in [1.29, 1.82) is 0 Å². The van der Waals surface area contributed by atoms with Gasteiger partial charge in [-0.15, -0.1) is 0 Å². The van der Waals surface area contributed by atoms with Crippen molar-refractivity contribution in [3.05, 3.63) is 84.6 Å². The van der Waals surface area contributed by atoms with Crippen LogP contribution in [0.5, 0.6) is 0 Å². The molecule has 3 aromatic carbocycles. The number of hydrogen-bond acceptors (Lipinski definition) is 3. The van der Waals surface area contributed by atoms with Crippen molar-refractivity contribution in [2.24, 2.45) is 0 Å². The lowest BCUT2D eigenvalue weighted by Gasteiger charge is -2.10. The first-order valence-corrected chi connectivity index (χ1v) is 11.3. The standard InChI is InChI=1S/C24H25N3O2S/c1-27(2)15-14-20-17-25-24-16-21(10-13-23(20)24)26-30(28,29)22-11-8-19(9-12-22)18-6-4-3-5-7-18/h3-13,16-17,25-26H,14-15H2,1-2H3. The van der Waals surface area contributed by atoms with Crippen molar-refractivity contribution in [3.8, 4) is 11.1 Å². The van der Waals surface area contributed by atoms with E-state index in [4.69, 9.17) is 0 Å². The Balaban J connectivity index is 1.53. The molecule has 0 spiro atoms. The fourth-order valence-corrected chi connectivity index (χ4v) is 4.52. The summed E-state index contributed by atoms with van der Waals surface area (Å²) < 4.78 is 28.4. The van der Waals surface area contributed by atoms with Gasteiger partial charge in [0.2, 0.25) is 0 Å². The fraction of sp³-hybridized carbons (Fsp3) is 0.167. The Bertz CT molecular complexity index is 1240. The highest BCUT2D eigenvalue weighted by molar-refractivity contribution is 7.92. The van der Waals surface area contributed by atoms with Crippen LogP contribution in [0.15, 0.2) is 83.9 Å². The van der Waals surface area contributed by atoms with E-state index < -0.39 is 10.0 Å². The summed E-state index contributed by atoms with van der Waals surface area (Å²) in [6, 6.07) is 22.4. The van der Waals surface area contributed by atoms with E-state index in [1.807, 2.05) is 81.0 Å². The number of nitrogens with one attached hydrogen (secondary N) is 2. The third-order valence-electron chi connectivity index (χ3n) is 5.12. The first-order valence-electron chi connectivity index (χ1n) is 9.85. The van der Waals surface area contributed by atoms with Crippen molar-refractivity contribution in [1.82, 2.24) is 9.88 Å². The predicted octanol–water partition coefficient (Wildman–Crippen LogP) is 4.74. The number of H-pyrrole nitrogens is 1. The van der Waals surface area contributed by atoms with Crippen LogP contribution in [-0.2, 0) is 16.4 Å².